The summed E-state index contributed by atoms with van der Waals surface area (Å²) in [5.74, 6) is 0.687. The van der Waals surface area contributed by atoms with E-state index in [1.807, 2.05) is 0 Å². The second-order valence-corrected chi connectivity index (χ2v) is 3.95. The predicted molar refractivity (Wildman–Crippen MR) is 56.1 cm³/mol. The first kappa shape index (κ1) is 11.3. The molecule has 0 radical (unpaired) electrons. The minimum Gasteiger partial charge on any atom is -0.346 e. The molecule has 1 aliphatic heterocycles. The molecule has 0 atom stereocenters. The highest BCUT2D eigenvalue weighted by Crippen LogP contribution is 2.06. The van der Waals surface area contributed by atoms with E-state index in [2.05, 4.69) is 22.9 Å². The summed E-state index contributed by atoms with van der Waals surface area (Å²) in [5, 5.41) is 8.08. The summed E-state index contributed by atoms with van der Waals surface area (Å²) >= 11 is 0. The number of piperidine rings is 1. The van der Waals surface area contributed by atoms with Gasteiger partial charge in [-0.15, -0.1) is 0 Å². The van der Waals surface area contributed by atoms with Gasteiger partial charge in [0.1, 0.15) is 0 Å². The molecule has 0 aromatic carbocycles. The van der Waals surface area contributed by atoms with Crippen LogP contribution in [0.4, 0.5) is 4.79 Å². The minimum atomic E-state index is -0.0126. The van der Waals surface area contributed by atoms with Crippen LogP contribution in [-0.4, -0.2) is 32.2 Å². The van der Waals surface area contributed by atoms with Crippen molar-refractivity contribution >= 4 is 6.03 Å². The molecule has 0 saturated carbocycles. The van der Waals surface area contributed by atoms with Crippen LogP contribution < -0.4 is 16.0 Å². The van der Waals surface area contributed by atoms with Crippen LogP contribution in [0.2, 0.25) is 0 Å². The van der Waals surface area contributed by atoms with Crippen molar-refractivity contribution in [3.8, 4) is 0 Å². The topological polar surface area (TPSA) is 57.7 Å². The van der Waals surface area contributed by atoms with Gasteiger partial charge in [-0.2, -0.15) is 0 Å². The van der Waals surface area contributed by atoms with Crippen molar-refractivity contribution in [2.45, 2.75) is 26.2 Å². The van der Waals surface area contributed by atoms with Crippen molar-refractivity contribution in [1.82, 2.24) is 10.6 Å². The molecule has 0 aromatic heterocycles. The largest absolute Gasteiger partial charge is 0.346 e. The van der Waals surface area contributed by atoms with Crippen LogP contribution >= 0.6 is 0 Å². The van der Waals surface area contributed by atoms with Gasteiger partial charge in [0.05, 0.1) is 13.1 Å². The first-order valence-corrected chi connectivity index (χ1v) is 5.66. The molecule has 4 nitrogen and oxygen atoms in total. The summed E-state index contributed by atoms with van der Waals surface area (Å²) in [6, 6.07) is -0.0126. The highest BCUT2D eigenvalue weighted by Gasteiger charge is 2.15. The quantitative estimate of drug-likeness (QED) is 0.572. The third kappa shape index (κ3) is 4.46. The summed E-state index contributed by atoms with van der Waals surface area (Å²) in [7, 11) is 0. The molecule has 0 bridgehead atoms. The van der Waals surface area contributed by atoms with E-state index in [1.54, 1.807) is 0 Å². The van der Waals surface area contributed by atoms with Gasteiger partial charge >= 0.3 is 6.03 Å². The van der Waals surface area contributed by atoms with Gasteiger partial charge in [-0.1, -0.05) is 6.92 Å². The minimum absolute atomic E-state index is 0.0126. The Morgan fingerprint density at radius 1 is 1.36 bits per heavy atom. The lowest BCUT2D eigenvalue weighted by Crippen LogP contribution is -2.86. The fourth-order valence-corrected chi connectivity index (χ4v) is 1.74. The maximum atomic E-state index is 11.2. The maximum Gasteiger partial charge on any atom is 0.314 e. The van der Waals surface area contributed by atoms with Gasteiger partial charge in [-0.05, 0) is 12.3 Å². The van der Waals surface area contributed by atoms with Crippen molar-refractivity contribution < 1.29 is 10.1 Å². The third-order valence-electron chi connectivity index (χ3n) is 2.64. The van der Waals surface area contributed by atoms with E-state index in [0.29, 0.717) is 5.92 Å². The van der Waals surface area contributed by atoms with Crippen LogP contribution in [0.3, 0.4) is 0 Å². The van der Waals surface area contributed by atoms with Gasteiger partial charge in [-0.25, -0.2) is 4.79 Å². The van der Waals surface area contributed by atoms with Crippen LogP contribution in [-0.2, 0) is 0 Å². The molecular formula is C10H22N3O+. The second-order valence-electron chi connectivity index (χ2n) is 3.95. The van der Waals surface area contributed by atoms with E-state index in [-0.39, 0.29) is 6.03 Å². The van der Waals surface area contributed by atoms with Crippen molar-refractivity contribution in [2.24, 2.45) is 5.92 Å². The van der Waals surface area contributed by atoms with Crippen molar-refractivity contribution in [3.05, 3.63) is 0 Å². The van der Waals surface area contributed by atoms with E-state index in [9.17, 15) is 4.79 Å². The lowest BCUT2D eigenvalue weighted by atomic mass is 9.98. The van der Waals surface area contributed by atoms with Crippen molar-refractivity contribution in [3.63, 3.8) is 0 Å². The number of rotatable bonds is 4. The highest BCUT2D eigenvalue weighted by atomic mass is 16.2. The van der Waals surface area contributed by atoms with Gasteiger partial charge in [-0.3, -0.25) is 0 Å². The van der Waals surface area contributed by atoms with Crippen LogP contribution in [0.5, 0.6) is 0 Å². The maximum absolute atomic E-state index is 11.2. The monoisotopic (exact) mass is 200 g/mol. The van der Waals surface area contributed by atoms with E-state index < -0.39 is 0 Å². The average molecular weight is 200 g/mol. The standard InChI is InChI=1S/C10H21N3O/c1-2-5-12-10(14)13-8-9-3-6-11-7-4-9/h9,11H,2-8H2,1H3,(H2,12,13,14)/p+1. The van der Waals surface area contributed by atoms with Crippen LogP contribution in [0.25, 0.3) is 0 Å². The van der Waals surface area contributed by atoms with E-state index in [4.69, 9.17) is 0 Å². The second kappa shape index (κ2) is 6.65. The molecule has 82 valence electrons. The lowest BCUT2D eigenvalue weighted by molar-refractivity contribution is -0.664. The van der Waals surface area contributed by atoms with Crippen LogP contribution in [0.1, 0.15) is 26.2 Å². The molecule has 2 amide bonds. The average Bonchev–Trinajstić information content (AvgIpc) is 2.25. The fourth-order valence-electron chi connectivity index (χ4n) is 1.74. The fraction of sp³-hybridized carbons (Fsp3) is 0.900. The number of amides is 2. The number of carbonyl (C=O) groups excluding carboxylic acids is 1. The van der Waals surface area contributed by atoms with Crippen LogP contribution in [0, 0.1) is 5.92 Å². The normalized spacial score (nSPS) is 17.8. The molecule has 1 rings (SSSR count). The summed E-state index contributed by atoms with van der Waals surface area (Å²) in [6.07, 6.45) is 3.45. The Bertz CT molecular complexity index is 167. The number of hydrogen-bond donors (Lipinski definition) is 3. The number of carbonyl (C=O) groups is 1. The lowest BCUT2D eigenvalue weighted by Gasteiger charge is -2.20. The van der Waals surface area contributed by atoms with Gasteiger partial charge < -0.3 is 16.0 Å². The van der Waals surface area contributed by atoms with Gasteiger partial charge in [0, 0.05) is 25.9 Å². The molecule has 0 aromatic rings. The molecule has 4 heteroatoms. The molecular weight excluding hydrogens is 178 g/mol. The third-order valence-corrected chi connectivity index (χ3v) is 2.64. The van der Waals surface area contributed by atoms with Crippen molar-refractivity contribution in [2.75, 3.05) is 26.2 Å². The number of nitrogens with one attached hydrogen (secondary N) is 2. The summed E-state index contributed by atoms with van der Waals surface area (Å²) in [5.41, 5.74) is 0. The van der Waals surface area contributed by atoms with Gasteiger partial charge in [0.2, 0.25) is 0 Å². The number of nitrogens with two attached hydrogens (primary N) is 1. The van der Waals surface area contributed by atoms with Crippen molar-refractivity contribution in [1.29, 1.82) is 0 Å². The van der Waals surface area contributed by atoms with E-state index in [1.165, 1.54) is 25.9 Å². The number of quaternary nitrogens is 1. The molecule has 0 unspecified atom stereocenters. The summed E-state index contributed by atoms with van der Waals surface area (Å²) in [6.45, 7) is 6.08. The van der Waals surface area contributed by atoms with Gasteiger partial charge in [0.25, 0.3) is 0 Å². The SMILES string of the molecule is CCCNC(=O)NCC1CC[NH2+]CC1. The molecule has 14 heavy (non-hydrogen) atoms. The number of urea groups is 1. The van der Waals surface area contributed by atoms with Crippen LogP contribution in [0.15, 0.2) is 0 Å². The van der Waals surface area contributed by atoms with E-state index in [0.717, 1.165) is 19.5 Å². The zero-order chi connectivity index (χ0) is 10.2. The Kier molecular flexibility index (Phi) is 5.37. The zero-order valence-corrected chi connectivity index (χ0v) is 9.01. The zero-order valence-electron chi connectivity index (χ0n) is 9.01. The molecule has 0 spiro atoms. The summed E-state index contributed by atoms with van der Waals surface area (Å²) < 4.78 is 0. The Labute approximate surface area is 85.8 Å². The Balaban J connectivity index is 2.03. The Morgan fingerprint density at radius 3 is 2.71 bits per heavy atom. The predicted octanol–water partition coefficient (Wildman–Crippen LogP) is -0.331. The first-order chi connectivity index (χ1) is 6.83. The smallest absolute Gasteiger partial charge is 0.314 e. The number of hydrogen-bond acceptors (Lipinski definition) is 1. The molecule has 0 aliphatic carbocycles. The molecule has 1 heterocycles. The molecule has 4 N–H and O–H groups in total. The highest BCUT2D eigenvalue weighted by molar-refractivity contribution is 5.73. The molecule has 1 aliphatic rings. The summed E-state index contributed by atoms with van der Waals surface area (Å²) in [4.78, 5) is 11.2. The molecule has 1 saturated heterocycles. The van der Waals surface area contributed by atoms with Gasteiger partial charge in [0.15, 0.2) is 0 Å². The molecule has 1 fully saturated rings. The Hall–Kier alpha value is -0.770. The Morgan fingerprint density at radius 2 is 2.07 bits per heavy atom. The van der Waals surface area contributed by atoms with E-state index >= 15 is 0 Å². The first-order valence-electron chi connectivity index (χ1n) is 5.66.